The Balaban J connectivity index is 1.38. The highest BCUT2D eigenvalue weighted by molar-refractivity contribution is 6.30. The van der Waals surface area contributed by atoms with Gasteiger partial charge < -0.3 is 20.3 Å². The molecule has 28 heavy (non-hydrogen) atoms. The summed E-state index contributed by atoms with van der Waals surface area (Å²) < 4.78 is 5.41. The smallest absolute Gasteiger partial charge is 0.275 e. The summed E-state index contributed by atoms with van der Waals surface area (Å²) >= 11 is 5.92. The Morgan fingerprint density at radius 3 is 2.43 bits per heavy atom. The molecule has 0 radical (unpaired) electrons. The molecule has 6 heteroatoms. The second-order valence-corrected chi connectivity index (χ2v) is 7.85. The maximum atomic E-state index is 12.2. The Bertz CT molecular complexity index is 743. The third-order valence-electron chi connectivity index (χ3n) is 5.22. The fourth-order valence-electron chi connectivity index (χ4n) is 3.36. The summed E-state index contributed by atoms with van der Waals surface area (Å²) in [5.41, 5.74) is 3.62. The van der Waals surface area contributed by atoms with Gasteiger partial charge in [-0.15, -0.1) is 0 Å². The Kier molecular flexibility index (Phi) is 7.86. The van der Waals surface area contributed by atoms with Gasteiger partial charge >= 0.3 is 0 Å². The molecule has 1 atom stereocenters. The zero-order valence-corrected chi connectivity index (χ0v) is 17.2. The number of hydrogen-bond acceptors (Lipinski definition) is 2. The molecule has 4 N–H and O–H groups in total. The van der Waals surface area contributed by atoms with Crippen LogP contribution in [0.2, 0.25) is 5.02 Å². The lowest BCUT2D eigenvalue weighted by Crippen LogP contribution is -3.12. The van der Waals surface area contributed by atoms with Crippen LogP contribution in [0.5, 0.6) is 0 Å². The van der Waals surface area contributed by atoms with Crippen molar-refractivity contribution in [2.75, 3.05) is 32.8 Å². The lowest BCUT2D eigenvalue weighted by atomic mass is 10.1. The minimum Gasteiger partial charge on any atom is -0.370 e. The fourth-order valence-corrected chi connectivity index (χ4v) is 3.49. The van der Waals surface area contributed by atoms with Crippen LogP contribution in [0.4, 0.5) is 0 Å². The summed E-state index contributed by atoms with van der Waals surface area (Å²) in [6.07, 6.45) is 0. The van der Waals surface area contributed by atoms with E-state index >= 15 is 0 Å². The van der Waals surface area contributed by atoms with Crippen LogP contribution in [0, 0.1) is 0 Å². The molecule has 2 aromatic carbocycles. The number of carbonyl (C=O) groups excluding carboxylic acids is 1. The predicted molar refractivity (Wildman–Crippen MR) is 110 cm³/mol. The SMILES string of the molecule is C[C@@H]([NH2+]CC(=O)NCc1ccc(C[NH+]2CCOCC2)cc1)c1ccc(Cl)cc1. The van der Waals surface area contributed by atoms with Crippen molar-refractivity contribution in [1.82, 2.24) is 5.32 Å². The van der Waals surface area contributed by atoms with Gasteiger partial charge in [0.25, 0.3) is 5.91 Å². The number of nitrogens with two attached hydrogens (primary N) is 1. The first-order valence-corrected chi connectivity index (χ1v) is 10.3. The molecule has 0 unspecified atom stereocenters. The average molecular weight is 404 g/mol. The van der Waals surface area contributed by atoms with Crippen LogP contribution in [0.25, 0.3) is 0 Å². The first-order valence-electron chi connectivity index (χ1n) is 9.95. The van der Waals surface area contributed by atoms with E-state index in [0.29, 0.717) is 13.1 Å². The van der Waals surface area contributed by atoms with Crippen molar-refractivity contribution in [3.8, 4) is 0 Å². The molecule has 1 saturated heterocycles. The monoisotopic (exact) mass is 403 g/mol. The number of morpholine rings is 1. The number of hydrogen-bond donors (Lipinski definition) is 3. The van der Waals surface area contributed by atoms with Gasteiger partial charge in [-0.3, -0.25) is 4.79 Å². The molecule has 0 aliphatic carbocycles. The summed E-state index contributed by atoms with van der Waals surface area (Å²) in [6, 6.07) is 16.5. The highest BCUT2D eigenvalue weighted by Crippen LogP contribution is 2.13. The van der Waals surface area contributed by atoms with Crippen molar-refractivity contribution in [3.05, 3.63) is 70.2 Å². The number of halogens is 1. The number of nitrogens with one attached hydrogen (secondary N) is 2. The summed E-state index contributed by atoms with van der Waals surface area (Å²) in [4.78, 5) is 13.7. The van der Waals surface area contributed by atoms with Crippen LogP contribution >= 0.6 is 11.6 Å². The fraction of sp³-hybridized carbons (Fsp3) is 0.409. The molecule has 1 aliphatic heterocycles. The van der Waals surface area contributed by atoms with Gasteiger partial charge in [-0.1, -0.05) is 48.0 Å². The standard InChI is InChI=1S/C22H28ClN3O2/c1-17(20-6-8-21(23)9-7-20)24-15-22(27)25-14-18-2-4-19(5-3-18)16-26-10-12-28-13-11-26/h2-9,17,24H,10-16H2,1H3,(H,25,27)/p+2/t17-/m1/s1. The highest BCUT2D eigenvalue weighted by Gasteiger charge is 2.14. The zero-order valence-electron chi connectivity index (χ0n) is 16.4. The molecule has 3 rings (SSSR count). The van der Waals surface area contributed by atoms with Gasteiger partial charge in [-0.05, 0) is 24.6 Å². The quantitative estimate of drug-likeness (QED) is 0.607. The maximum absolute atomic E-state index is 12.2. The van der Waals surface area contributed by atoms with Crippen molar-refractivity contribution in [3.63, 3.8) is 0 Å². The van der Waals surface area contributed by atoms with Crippen molar-refractivity contribution in [2.24, 2.45) is 0 Å². The summed E-state index contributed by atoms with van der Waals surface area (Å²) in [5.74, 6) is 0.0441. The van der Waals surface area contributed by atoms with Crippen LogP contribution in [0.3, 0.4) is 0 Å². The molecule has 150 valence electrons. The Labute approximate surface area is 172 Å². The number of rotatable bonds is 8. The van der Waals surface area contributed by atoms with Gasteiger partial charge in [0.2, 0.25) is 0 Å². The van der Waals surface area contributed by atoms with E-state index in [1.165, 1.54) is 5.56 Å². The van der Waals surface area contributed by atoms with E-state index in [4.69, 9.17) is 16.3 Å². The largest absolute Gasteiger partial charge is 0.370 e. The van der Waals surface area contributed by atoms with Crippen LogP contribution < -0.4 is 15.5 Å². The molecule has 1 amide bonds. The third-order valence-corrected chi connectivity index (χ3v) is 5.47. The third kappa shape index (κ3) is 6.60. The Hall–Kier alpha value is -1.92. The summed E-state index contributed by atoms with van der Waals surface area (Å²) in [5, 5.41) is 5.77. The number of ether oxygens (including phenoxy) is 1. The van der Waals surface area contributed by atoms with Gasteiger partial charge in [-0.2, -0.15) is 0 Å². The van der Waals surface area contributed by atoms with Crippen molar-refractivity contribution >= 4 is 17.5 Å². The topological polar surface area (TPSA) is 59.4 Å². The van der Waals surface area contributed by atoms with E-state index in [-0.39, 0.29) is 11.9 Å². The Morgan fingerprint density at radius 2 is 1.75 bits per heavy atom. The maximum Gasteiger partial charge on any atom is 0.275 e. The predicted octanol–water partition coefficient (Wildman–Crippen LogP) is 0.696. The first-order chi connectivity index (χ1) is 13.6. The Morgan fingerprint density at radius 1 is 1.11 bits per heavy atom. The lowest BCUT2D eigenvalue weighted by molar-refractivity contribution is -0.921. The van der Waals surface area contributed by atoms with E-state index in [0.717, 1.165) is 49.0 Å². The number of benzene rings is 2. The van der Waals surface area contributed by atoms with E-state index in [1.54, 1.807) is 4.90 Å². The minimum atomic E-state index is 0.0441. The van der Waals surface area contributed by atoms with Crippen molar-refractivity contribution < 1.29 is 19.7 Å². The van der Waals surface area contributed by atoms with E-state index in [9.17, 15) is 4.79 Å². The van der Waals surface area contributed by atoms with Gasteiger partial charge in [-0.25, -0.2) is 0 Å². The minimum absolute atomic E-state index is 0.0441. The van der Waals surface area contributed by atoms with Crippen LogP contribution in [-0.2, 0) is 22.6 Å². The van der Waals surface area contributed by atoms with Gasteiger partial charge in [0.05, 0.1) is 13.2 Å². The van der Waals surface area contributed by atoms with E-state index < -0.39 is 0 Å². The second kappa shape index (κ2) is 10.6. The molecule has 0 saturated carbocycles. The number of amides is 1. The summed E-state index contributed by atoms with van der Waals surface area (Å²) in [7, 11) is 0. The molecule has 5 nitrogen and oxygen atoms in total. The van der Waals surface area contributed by atoms with Gasteiger partial charge in [0.15, 0.2) is 6.54 Å². The molecule has 0 aromatic heterocycles. The zero-order chi connectivity index (χ0) is 19.8. The molecule has 1 fully saturated rings. The average Bonchev–Trinajstić information content (AvgIpc) is 2.73. The molecular weight excluding hydrogens is 374 g/mol. The van der Waals surface area contributed by atoms with Gasteiger partial charge in [0.1, 0.15) is 25.7 Å². The molecular formula is C22H30ClN3O2+2. The van der Waals surface area contributed by atoms with Crippen LogP contribution in [0.15, 0.2) is 48.5 Å². The molecule has 0 bridgehead atoms. The normalized spacial score (nSPS) is 15.9. The second-order valence-electron chi connectivity index (χ2n) is 7.41. The van der Waals surface area contributed by atoms with E-state index in [1.807, 2.05) is 29.6 Å². The van der Waals surface area contributed by atoms with Crippen LogP contribution in [0.1, 0.15) is 29.7 Å². The number of carbonyl (C=O) groups is 1. The number of quaternary nitrogens is 2. The molecule has 0 spiro atoms. The highest BCUT2D eigenvalue weighted by atomic mass is 35.5. The lowest BCUT2D eigenvalue weighted by Gasteiger charge is -2.23. The molecule has 1 heterocycles. The van der Waals surface area contributed by atoms with E-state index in [2.05, 4.69) is 36.5 Å². The van der Waals surface area contributed by atoms with Gasteiger partial charge in [0, 0.05) is 22.7 Å². The molecule has 2 aromatic rings. The van der Waals surface area contributed by atoms with Crippen molar-refractivity contribution in [2.45, 2.75) is 26.1 Å². The van der Waals surface area contributed by atoms with Crippen LogP contribution in [-0.4, -0.2) is 38.8 Å². The summed E-state index contributed by atoms with van der Waals surface area (Å²) in [6.45, 7) is 7.94. The molecule has 1 aliphatic rings. The first kappa shape index (κ1) is 20.8. The van der Waals surface area contributed by atoms with Crippen molar-refractivity contribution in [1.29, 1.82) is 0 Å².